The van der Waals surface area contributed by atoms with Gasteiger partial charge in [-0.1, -0.05) is 19.1 Å². The molecular weight excluding hydrogens is 266 g/mol. The Bertz CT molecular complexity index is 675. The molecule has 3 rings (SSSR count). The van der Waals surface area contributed by atoms with Crippen molar-refractivity contribution in [2.24, 2.45) is 0 Å². The highest BCUT2D eigenvalue weighted by molar-refractivity contribution is 7.08. The van der Waals surface area contributed by atoms with Gasteiger partial charge in [-0.05, 0) is 41.6 Å². The molecule has 3 nitrogen and oxygen atoms in total. The van der Waals surface area contributed by atoms with E-state index in [-0.39, 0.29) is 0 Å². The van der Waals surface area contributed by atoms with Crippen LogP contribution < -0.4 is 5.32 Å². The van der Waals surface area contributed by atoms with Crippen molar-refractivity contribution in [2.45, 2.75) is 13.3 Å². The predicted molar refractivity (Wildman–Crippen MR) is 84.4 cm³/mol. The Morgan fingerprint density at radius 2 is 1.95 bits per heavy atom. The zero-order valence-corrected chi connectivity index (χ0v) is 12.0. The number of aromatic nitrogens is 2. The van der Waals surface area contributed by atoms with Gasteiger partial charge in [0, 0.05) is 22.8 Å². The predicted octanol–water partition coefficient (Wildman–Crippen LogP) is 4.51. The van der Waals surface area contributed by atoms with Crippen molar-refractivity contribution in [2.75, 3.05) is 5.32 Å². The number of benzene rings is 1. The molecule has 0 unspecified atom stereocenters. The van der Waals surface area contributed by atoms with Crippen LogP contribution in [0.4, 0.5) is 11.6 Å². The fraction of sp³-hybridized carbons (Fsp3) is 0.125. The van der Waals surface area contributed by atoms with Crippen LogP contribution in [0.15, 0.2) is 53.4 Å². The summed E-state index contributed by atoms with van der Waals surface area (Å²) in [5.74, 6) is 0.623. The molecule has 1 N–H and O–H groups in total. The Morgan fingerprint density at radius 3 is 2.65 bits per heavy atom. The van der Waals surface area contributed by atoms with E-state index in [2.05, 4.69) is 57.9 Å². The monoisotopic (exact) mass is 281 g/mol. The zero-order valence-electron chi connectivity index (χ0n) is 11.2. The van der Waals surface area contributed by atoms with Gasteiger partial charge in [-0.25, -0.2) is 9.97 Å². The number of anilines is 2. The van der Waals surface area contributed by atoms with Crippen molar-refractivity contribution in [3.05, 3.63) is 58.9 Å². The van der Waals surface area contributed by atoms with E-state index in [0.717, 1.165) is 23.4 Å². The third kappa shape index (κ3) is 2.86. The van der Waals surface area contributed by atoms with Crippen LogP contribution in [0.2, 0.25) is 0 Å². The molecule has 3 aromatic rings. The van der Waals surface area contributed by atoms with Gasteiger partial charge in [-0.3, -0.25) is 0 Å². The van der Waals surface area contributed by atoms with Gasteiger partial charge in [-0.15, -0.1) is 0 Å². The minimum Gasteiger partial charge on any atom is -0.324 e. The Morgan fingerprint density at radius 1 is 1.10 bits per heavy atom. The molecule has 100 valence electrons. The van der Waals surface area contributed by atoms with Gasteiger partial charge in [0.2, 0.25) is 5.95 Å². The smallest absolute Gasteiger partial charge is 0.227 e. The molecule has 2 heterocycles. The van der Waals surface area contributed by atoms with E-state index in [1.165, 1.54) is 5.56 Å². The van der Waals surface area contributed by atoms with Gasteiger partial charge in [0.15, 0.2) is 0 Å². The average Bonchev–Trinajstić information content (AvgIpc) is 3.03. The number of aryl methyl sites for hydroxylation is 1. The summed E-state index contributed by atoms with van der Waals surface area (Å²) in [6, 6.07) is 12.3. The minimum atomic E-state index is 0.623. The summed E-state index contributed by atoms with van der Waals surface area (Å²) in [5, 5.41) is 7.37. The standard InChI is InChI=1S/C16H15N3S/c1-2-12-3-5-14(6-4-12)18-16-17-9-7-15(19-16)13-8-10-20-11-13/h3-11H,2H2,1H3,(H,17,18,19). The summed E-state index contributed by atoms with van der Waals surface area (Å²) >= 11 is 1.67. The summed E-state index contributed by atoms with van der Waals surface area (Å²) in [4.78, 5) is 8.81. The molecule has 0 aliphatic heterocycles. The van der Waals surface area contributed by atoms with E-state index >= 15 is 0 Å². The lowest BCUT2D eigenvalue weighted by atomic mass is 10.1. The lowest BCUT2D eigenvalue weighted by molar-refractivity contribution is 1.14. The molecule has 0 atom stereocenters. The summed E-state index contributed by atoms with van der Waals surface area (Å²) in [6.45, 7) is 2.15. The van der Waals surface area contributed by atoms with E-state index in [4.69, 9.17) is 0 Å². The topological polar surface area (TPSA) is 37.8 Å². The lowest BCUT2D eigenvalue weighted by Crippen LogP contribution is -1.97. The van der Waals surface area contributed by atoms with Gasteiger partial charge < -0.3 is 5.32 Å². The fourth-order valence-electron chi connectivity index (χ4n) is 1.94. The first kappa shape index (κ1) is 12.8. The lowest BCUT2D eigenvalue weighted by Gasteiger charge is -2.06. The molecule has 2 aromatic heterocycles. The highest BCUT2D eigenvalue weighted by atomic mass is 32.1. The number of thiophene rings is 1. The van der Waals surface area contributed by atoms with Gasteiger partial charge in [0.25, 0.3) is 0 Å². The molecule has 0 fully saturated rings. The number of rotatable bonds is 4. The maximum absolute atomic E-state index is 4.54. The molecule has 0 spiro atoms. The van der Waals surface area contributed by atoms with Crippen LogP contribution in [0.1, 0.15) is 12.5 Å². The van der Waals surface area contributed by atoms with E-state index < -0.39 is 0 Å². The van der Waals surface area contributed by atoms with Gasteiger partial charge in [0.1, 0.15) is 0 Å². The van der Waals surface area contributed by atoms with Crippen LogP contribution in [0.25, 0.3) is 11.3 Å². The Hall–Kier alpha value is -2.20. The van der Waals surface area contributed by atoms with Crippen LogP contribution in [0, 0.1) is 0 Å². The molecular formula is C16H15N3S. The second kappa shape index (κ2) is 5.84. The first-order chi connectivity index (χ1) is 9.85. The fourth-order valence-corrected chi connectivity index (χ4v) is 2.59. The average molecular weight is 281 g/mol. The quantitative estimate of drug-likeness (QED) is 0.764. The second-order valence-corrected chi connectivity index (χ2v) is 5.23. The molecule has 1 aromatic carbocycles. The maximum Gasteiger partial charge on any atom is 0.227 e. The van der Waals surface area contributed by atoms with Crippen LogP contribution in [0.3, 0.4) is 0 Å². The van der Waals surface area contributed by atoms with Crippen molar-refractivity contribution < 1.29 is 0 Å². The molecule has 0 aliphatic rings. The van der Waals surface area contributed by atoms with Gasteiger partial charge >= 0.3 is 0 Å². The molecule has 0 aliphatic carbocycles. The zero-order chi connectivity index (χ0) is 13.8. The molecule has 4 heteroatoms. The molecule has 0 amide bonds. The highest BCUT2D eigenvalue weighted by Gasteiger charge is 2.03. The Kier molecular flexibility index (Phi) is 3.74. The number of hydrogen-bond acceptors (Lipinski definition) is 4. The molecule has 0 saturated carbocycles. The van der Waals surface area contributed by atoms with E-state index in [1.807, 2.05) is 11.4 Å². The highest BCUT2D eigenvalue weighted by Crippen LogP contribution is 2.21. The van der Waals surface area contributed by atoms with Crippen LogP contribution in [0.5, 0.6) is 0 Å². The van der Waals surface area contributed by atoms with E-state index in [9.17, 15) is 0 Å². The largest absolute Gasteiger partial charge is 0.324 e. The van der Waals surface area contributed by atoms with Gasteiger partial charge in [-0.2, -0.15) is 11.3 Å². The number of nitrogens with zero attached hydrogens (tertiary/aromatic N) is 2. The second-order valence-electron chi connectivity index (χ2n) is 4.45. The summed E-state index contributed by atoms with van der Waals surface area (Å²) in [5.41, 5.74) is 4.39. The van der Waals surface area contributed by atoms with Crippen molar-refractivity contribution in [1.29, 1.82) is 0 Å². The van der Waals surface area contributed by atoms with E-state index in [1.54, 1.807) is 17.5 Å². The van der Waals surface area contributed by atoms with Crippen molar-refractivity contribution in [3.8, 4) is 11.3 Å². The maximum atomic E-state index is 4.54. The first-order valence-corrected chi connectivity index (χ1v) is 7.51. The number of nitrogens with one attached hydrogen (secondary N) is 1. The van der Waals surface area contributed by atoms with Crippen LogP contribution in [-0.4, -0.2) is 9.97 Å². The first-order valence-electron chi connectivity index (χ1n) is 6.57. The Balaban J connectivity index is 1.82. The molecule has 20 heavy (non-hydrogen) atoms. The molecule has 0 bridgehead atoms. The third-order valence-electron chi connectivity index (χ3n) is 3.09. The van der Waals surface area contributed by atoms with Crippen molar-refractivity contribution in [3.63, 3.8) is 0 Å². The number of hydrogen-bond donors (Lipinski definition) is 1. The Labute approximate surface area is 122 Å². The van der Waals surface area contributed by atoms with Crippen LogP contribution >= 0.6 is 11.3 Å². The van der Waals surface area contributed by atoms with Crippen molar-refractivity contribution in [1.82, 2.24) is 9.97 Å². The summed E-state index contributed by atoms with van der Waals surface area (Å²) < 4.78 is 0. The summed E-state index contributed by atoms with van der Waals surface area (Å²) in [7, 11) is 0. The summed E-state index contributed by atoms with van der Waals surface area (Å²) in [6.07, 6.45) is 2.83. The SMILES string of the molecule is CCc1ccc(Nc2nccc(-c3ccsc3)n2)cc1. The molecule has 0 saturated heterocycles. The normalized spacial score (nSPS) is 10.4. The van der Waals surface area contributed by atoms with Crippen LogP contribution in [-0.2, 0) is 6.42 Å². The van der Waals surface area contributed by atoms with Gasteiger partial charge in [0.05, 0.1) is 5.69 Å². The molecule has 0 radical (unpaired) electrons. The van der Waals surface area contributed by atoms with E-state index in [0.29, 0.717) is 5.95 Å². The van der Waals surface area contributed by atoms with Crippen molar-refractivity contribution >= 4 is 23.0 Å². The minimum absolute atomic E-state index is 0.623. The third-order valence-corrected chi connectivity index (χ3v) is 3.77.